The summed E-state index contributed by atoms with van der Waals surface area (Å²) in [5.41, 5.74) is -0.220. The van der Waals surface area contributed by atoms with Crippen LogP contribution in [0.15, 0.2) is 10.7 Å². The van der Waals surface area contributed by atoms with Crippen LogP contribution >= 0.6 is 15.9 Å². The molecule has 1 aliphatic rings. The number of carbonyl (C=O) groups excluding carboxylic acids is 2. The lowest BCUT2D eigenvalue weighted by atomic mass is 9.96. The van der Waals surface area contributed by atoms with Gasteiger partial charge in [0, 0.05) is 11.5 Å². The molecule has 1 unspecified atom stereocenters. The summed E-state index contributed by atoms with van der Waals surface area (Å²) in [7, 11) is 0. The van der Waals surface area contributed by atoms with E-state index in [1.54, 1.807) is 11.0 Å². The number of nitrogens with zero attached hydrogens (tertiary/aromatic N) is 3. The Balaban J connectivity index is 2.46. The highest BCUT2D eigenvalue weighted by Gasteiger charge is 2.34. The standard InChI is InChI=1S/C14H19BrN4O2/c1-5-8-12(21)18-11(20)7-19(8)10-6-9(15)16-13(17-10)14(2,3)4/h6,8H,5,7H2,1-4H3,(H,18,20,21). The number of amides is 2. The molecular weight excluding hydrogens is 336 g/mol. The molecule has 0 spiro atoms. The van der Waals surface area contributed by atoms with Crippen molar-refractivity contribution in [3.05, 3.63) is 16.5 Å². The quantitative estimate of drug-likeness (QED) is 0.647. The average molecular weight is 355 g/mol. The van der Waals surface area contributed by atoms with Crippen molar-refractivity contribution in [1.82, 2.24) is 15.3 Å². The molecular formula is C14H19BrN4O2. The summed E-state index contributed by atoms with van der Waals surface area (Å²) in [6, 6.07) is 1.35. The van der Waals surface area contributed by atoms with Crippen LogP contribution in [-0.4, -0.2) is 34.4 Å². The molecule has 1 aliphatic heterocycles. The number of hydrogen-bond donors (Lipinski definition) is 1. The molecule has 6 nitrogen and oxygen atoms in total. The van der Waals surface area contributed by atoms with E-state index >= 15 is 0 Å². The normalized spacial score (nSPS) is 19.7. The van der Waals surface area contributed by atoms with Gasteiger partial charge in [-0.2, -0.15) is 0 Å². The van der Waals surface area contributed by atoms with E-state index in [4.69, 9.17) is 0 Å². The van der Waals surface area contributed by atoms with E-state index in [1.807, 2.05) is 27.7 Å². The van der Waals surface area contributed by atoms with Crippen LogP contribution in [-0.2, 0) is 15.0 Å². The van der Waals surface area contributed by atoms with Crippen molar-refractivity contribution in [2.24, 2.45) is 0 Å². The van der Waals surface area contributed by atoms with E-state index in [0.29, 0.717) is 22.7 Å². The Morgan fingerprint density at radius 2 is 2.05 bits per heavy atom. The second kappa shape index (κ2) is 5.71. The summed E-state index contributed by atoms with van der Waals surface area (Å²) in [6.07, 6.45) is 0.603. The predicted octanol–water partition coefficient (Wildman–Crippen LogP) is 1.78. The maximum atomic E-state index is 12.0. The summed E-state index contributed by atoms with van der Waals surface area (Å²) >= 11 is 3.38. The SMILES string of the molecule is CCC1C(=O)NC(=O)CN1c1cc(Br)nc(C(C)(C)C)n1. The van der Waals surface area contributed by atoms with Gasteiger partial charge in [-0.3, -0.25) is 14.9 Å². The van der Waals surface area contributed by atoms with E-state index in [0.717, 1.165) is 0 Å². The number of halogens is 1. The zero-order chi connectivity index (χ0) is 15.8. The van der Waals surface area contributed by atoms with Crippen LogP contribution in [0.1, 0.15) is 39.9 Å². The highest BCUT2D eigenvalue weighted by atomic mass is 79.9. The first-order chi connectivity index (χ1) is 9.72. The summed E-state index contributed by atoms with van der Waals surface area (Å²) in [5, 5.41) is 2.36. The molecule has 1 atom stereocenters. The molecule has 2 rings (SSSR count). The lowest BCUT2D eigenvalue weighted by Crippen LogP contribution is -2.58. The van der Waals surface area contributed by atoms with Crippen LogP contribution in [0.25, 0.3) is 0 Å². The average Bonchev–Trinajstić information content (AvgIpc) is 2.36. The molecule has 2 amide bonds. The summed E-state index contributed by atoms with van der Waals surface area (Å²) in [5.74, 6) is 0.676. The second-order valence-corrected chi connectivity index (χ2v) is 6.90. The molecule has 114 valence electrons. The minimum Gasteiger partial charge on any atom is -0.335 e. The number of anilines is 1. The highest BCUT2D eigenvalue weighted by Crippen LogP contribution is 2.26. The third-order valence-corrected chi connectivity index (χ3v) is 3.69. The first-order valence-electron chi connectivity index (χ1n) is 6.87. The van der Waals surface area contributed by atoms with Gasteiger partial charge in [0.25, 0.3) is 0 Å². The molecule has 0 bridgehead atoms. The van der Waals surface area contributed by atoms with Crippen LogP contribution in [0.5, 0.6) is 0 Å². The van der Waals surface area contributed by atoms with E-state index in [2.05, 4.69) is 31.2 Å². The molecule has 2 heterocycles. The van der Waals surface area contributed by atoms with Gasteiger partial charge in [-0.05, 0) is 22.4 Å². The number of rotatable bonds is 2. The van der Waals surface area contributed by atoms with Crippen LogP contribution in [0, 0.1) is 0 Å². The van der Waals surface area contributed by atoms with Gasteiger partial charge in [-0.15, -0.1) is 0 Å². The molecule has 7 heteroatoms. The van der Waals surface area contributed by atoms with E-state index in [1.165, 1.54) is 0 Å². The van der Waals surface area contributed by atoms with Gasteiger partial charge in [0.1, 0.15) is 22.3 Å². The number of hydrogen-bond acceptors (Lipinski definition) is 5. The van der Waals surface area contributed by atoms with Crippen LogP contribution in [0.4, 0.5) is 5.82 Å². The fourth-order valence-electron chi connectivity index (χ4n) is 2.20. The van der Waals surface area contributed by atoms with Crippen LogP contribution in [0.3, 0.4) is 0 Å². The van der Waals surface area contributed by atoms with Gasteiger partial charge >= 0.3 is 0 Å². The maximum Gasteiger partial charge on any atom is 0.249 e. The molecule has 1 aromatic rings. The van der Waals surface area contributed by atoms with Gasteiger partial charge in [-0.1, -0.05) is 27.7 Å². The Kier molecular flexibility index (Phi) is 4.32. The number of carbonyl (C=O) groups is 2. The number of nitrogens with one attached hydrogen (secondary N) is 1. The smallest absolute Gasteiger partial charge is 0.249 e. The fourth-order valence-corrected chi connectivity index (χ4v) is 2.57. The van der Waals surface area contributed by atoms with Crippen LogP contribution < -0.4 is 10.2 Å². The molecule has 1 fully saturated rings. The van der Waals surface area contributed by atoms with Crippen LogP contribution in [0.2, 0.25) is 0 Å². The van der Waals surface area contributed by atoms with Crippen molar-refractivity contribution in [2.45, 2.75) is 45.6 Å². The zero-order valence-electron chi connectivity index (χ0n) is 12.6. The Bertz CT molecular complexity index is 583. The molecule has 21 heavy (non-hydrogen) atoms. The molecule has 0 aliphatic carbocycles. The third-order valence-electron chi connectivity index (χ3n) is 3.29. The number of piperazine rings is 1. The first kappa shape index (κ1) is 15.9. The van der Waals surface area contributed by atoms with Crippen molar-refractivity contribution in [2.75, 3.05) is 11.4 Å². The van der Waals surface area contributed by atoms with Gasteiger partial charge in [-0.25, -0.2) is 9.97 Å². The van der Waals surface area contributed by atoms with Crippen molar-refractivity contribution in [3.8, 4) is 0 Å². The van der Waals surface area contributed by atoms with Crippen molar-refractivity contribution in [1.29, 1.82) is 0 Å². The van der Waals surface area contributed by atoms with E-state index < -0.39 is 6.04 Å². The molecule has 1 aromatic heterocycles. The zero-order valence-corrected chi connectivity index (χ0v) is 14.2. The Hall–Kier alpha value is -1.50. The lowest BCUT2D eigenvalue weighted by Gasteiger charge is -2.34. The molecule has 0 saturated carbocycles. The van der Waals surface area contributed by atoms with Gasteiger partial charge in [0.2, 0.25) is 11.8 Å². The molecule has 1 N–H and O–H groups in total. The van der Waals surface area contributed by atoms with E-state index in [9.17, 15) is 9.59 Å². The van der Waals surface area contributed by atoms with Gasteiger partial charge < -0.3 is 4.90 Å². The largest absolute Gasteiger partial charge is 0.335 e. The van der Waals surface area contributed by atoms with Crippen molar-refractivity contribution < 1.29 is 9.59 Å². The number of imide groups is 1. The fraction of sp³-hybridized carbons (Fsp3) is 0.571. The molecule has 1 saturated heterocycles. The van der Waals surface area contributed by atoms with E-state index in [-0.39, 0.29) is 23.8 Å². The predicted molar refractivity (Wildman–Crippen MR) is 83.0 cm³/mol. The Morgan fingerprint density at radius 3 is 2.62 bits per heavy atom. The summed E-state index contributed by atoms with van der Waals surface area (Å²) in [6.45, 7) is 8.09. The monoisotopic (exact) mass is 354 g/mol. The van der Waals surface area contributed by atoms with Crippen molar-refractivity contribution >= 4 is 33.6 Å². The Labute approximate surface area is 132 Å². The summed E-state index contributed by atoms with van der Waals surface area (Å²) in [4.78, 5) is 34.3. The van der Waals surface area contributed by atoms with Gasteiger partial charge in [0.15, 0.2) is 0 Å². The maximum absolute atomic E-state index is 12.0. The second-order valence-electron chi connectivity index (χ2n) is 6.09. The minimum absolute atomic E-state index is 0.122. The summed E-state index contributed by atoms with van der Waals surface area (Å²) < 4.78 is 0.644. The third kappa shape index (κ3) is 3.40. The van der Waals surface area contributed by atoms with Crippen molar-refractivity contribution in [3.63, 3.8) is 0 Å². The highest BCUT2D eigenvalue weighted by molar-refractivity contribution is 9.10. The van der Waals surface area contributed by atoms with Gasteiger partial charge in [0.05, 0.1) is 6.54 Å². The molecule has 0 aromatic carbocycles. The Morgan fingerprint density at radius 1 is 1.38 bits per heavy atom. The first-order valence-corrected chi connectivity index (χ1v) is 7.67. The topological polar surface area (TPSA) is 75.2 Å². The lowest BCUT2D eigenvalue weighted by molar-refractivity contribution is -0.132. The minimum atomic E-state index is -0.391. The molecule has 0 radical (unpaired) electrons. The number of aromatic nitrogens is 2.